The SMILES string of the molecule is O=S(=O)(c1ccc(N=Cc2ccc3c4c(cccc24)CC3)cc1)N1CCc2ccccc2C1. The molecule has 6 rings (SSSR count). The van der Waals surface area contributed by atoms with Crippen LogP contribution < -0.4 is 0 Å². The van der Waals surface area contributed by atoms with Crippen molar-refractivity contribution in [2.75, 3.05) is 6.54 Å². The summed E-state index contributed by atoms with van der Waals surface area (Å²) in [6.07, 6.45) is 4.83. The maximum absolute atomic E-state index is 13.2. The molecule has 0 spiro atoms. The molecule has 4 nitrogen and oxygen atoms in total. The Morgan fingerprint density at radius 1 is 0.727 bits per heavy atom. The molecule has 33 heavy (non-hydrogen) atoms. The molecule has 0 atom stereocenters. The highest BCUT2D eigenvalue weighted by Crippen LogP contribution is 2.32. The second kappa shape index (κ2) is 7.94. The van der Waals surface area contributed by atoms with Crippen molar-refractivity contribution >= 4 is 32.7 Å². The van der Waals surface area contributed by atoms with Gasteiger partial charge in [0.05, 0.1) is 10.6 Å². The molecular weight excluding hydrogens is 428 g/mol. The molecule has 0 amide bonds. The molecule has 0 saturated heterocycles. The monoisotopic (exact) mass is 452 g/mol. The Bertz CT molecular complexity index is 1490. The quantitative estimate of drug-likeness (QED) is 0.387. The molecule has 5 heteroatoms. The van der Waals surface area contributed by atoms with Crippen LogP contribution in [0.15, 0.2) is 88.8 Å². The highest BCUT2D eigenvalue weighted by molar-refractivity contribution is 7.89. The van der Waals surface area contributed by atoms with Gasteiger partial charge >= 0.3 is 0 Å². The van der Waals surface area contributed by atoms with Crippen molar-refractivity contribution in [3.63, 3.8) is 0 Å². The first-order chi connectivity index (χ1) is 16.1. The van der Waals surface area contributed by atoms with E-state index < -0.39 is 10.0 Å². The fraction of sp³-hybridized carbons (Fsp3) is 0.179. The normalized spacial score (nSPS) is 15.9. The molecule has 1 aliphatic heterocycles. The molecule has 1 aliphatic carbocycles. The number of sulfonamides is 1. The molecule has 0 saturated carbocycles. The van der Waals surface area contributed by atoms with E-state index in [1.807, 2.05) is 24.4 Å². The van der Waals surface area contributed by atoms with E-state index in [1.165, 1.54) is 27.5 Å². The van der Waals surface area contributed by atoms with Crippen molar-refractivity contribution in [1.29, 1.82) is 0 Å². The van der Waals surface area contributed by atoms with Gasteiger partial charge in [-0.05, 0) is 76.6 Å². The average Bonchev–Trinajstić information content (AvgIpc) is 3.28. The predicted octanol–water partition coefficient (Wildman–Crippen LogP) is 5.44. The Balaban J connectivity index is 1.24. The standard InChI is InChI=1S/C28H24N2O2S/c31-33(32,30-17-16-20-4-1-2-5-24(20)19-30)26-14-12-25(13-15-26)29-18-23-11-10-22-9-8-21-6-3-7-27(23)28(21)22/h1-7,10-15,18H,8-9,16-17,19H2. The predicted molar refractivity (Wildman–Crippen MR) is 133 cm³/mol. The summed E-state index contributed by atoms with van der Waals surface area (Å²) in [6.45, 7) is 0.924. The highest BCUT2D eigenvalue weighted by Gasteiger charge is 2.28. The van der Waals surface area contributed by atoms with E-state index in [0.717, 1.165) is 36.1 Å². The van der Waals surface area contributed by atoms with Crippen molar-refractivity contribution in [2.45, 2.75) is 30.7 Å². The number of aliphatic imine (C=N–C) groups is 1. The molecule has 4 aromatic carbocycles. The lowest BCUT2D eigenvalue weighted by atomic mass is 10.0. The Hall–Kier alpha value is -3.28. The Morgan fingerprint density at radius 3 is 2.27 bits per heavy atom. The summed E-state index contributed by atoms with van der Waals surface area (Å²) in [4.78, 5) is 4.95. The summed E-state index contributed by atoms with van der Waals surface area (Å²) >= 11 is 0. The van der Waals surface area contributed by atoms with Gasteiger partial charge < -0.3 is 0 Å². The van der Waals surface area contributed by atoms with Gasteiger partial charge in [0.2, 0.25) is 10.0 Å². The smallest absolute Gasteiger partial charge is 0.243 e. The zero-order valence-electron chi connectivity index (χ0n) is 18.2. The van der Waals surface area contributed by atoms with Gasteiger partial charge in [-0.1, -0.05) is 54.6 Å². The first-order valence-electron chi connectivity index (χ1n) is 11.3. The molecule has 1 heterocycles. The Kier molecular flexibility index (Phi) is 4.89. The lowest BCUT2D eigenvalue weighted by molar-refractivity contribution is 0.391. The fourth-order valence-corrected chi connectivity index (χ4v) is 6.47. The minimum atomic E-state index is -3.54. The molecule has 0 aromatic heterocycles. The summed E-state index contributed by atoms with van der Waals surface area (Å²) in [5.74, 6) is 0. The van der Waals surface area contributed by atoms with Crippen molar-refractivity contribution in [2.24, 2.45) is 4.99 Å². The third-order valence-corrected chi connectivity index (χ3v) is 8.69. The summed E-state index contributed by atoms with van der Waals surface area (Å²) in [5.41, 5.74) is 6.96. The minimum absolute atomic E-state index is 0.311. The van der Waals surface area contributed by atoms with E-state index in [-0.39, 0.29) is 0 Å². The third kappa shape index (κ3) is 3.58. The maximum atomic E-state index is 13.2. The number of benzene rings is 4. The number of nitrogens with zero attached hydrogens (tertiary/aromatic N) is 2. The minimum Gasteiger partial charge on any atom is -0.256 e. The molecule has 0 bridgehead atoms. The largest absolute Gasteiger partial charge is 0.256 e. The lowest BCUT2D eigenvalue weighted by Crippen LogP contribution is -2.35. The summed E-state index contributed by atoms with van der Waals surface area (Å²) in [7, 11) is -3.54. The van der Waals surface area contributed by atoms with E-state index in [9.17, 15) is 8.42 Å². The molecule has 0 fully saturated rings. The van der Waals surface area contributed by atoms with Gasteiger partial charge in [-0.2, -0.15) is 4.31 Å². The van der Waals surface area contributed by atoms with Gasteiger partial charge in [0, 0.05) is 24.9 Å². The summed E-state index contributed by atoms with van der Waals surface area (Å²) < 4.78 is 28.0. The summed E-state index contributed by atoms with van der Waals surface area (Å²) in [5, 5.41) is 2.60. The van der Waals surface area contributed by atoms with Gasteiger partial charge in [0.15, 0.2) is 0 Å². The van der Waals surface area contributed by atoms with Crippen LogP contribution in [0.3, 0.4) is 0 Å². The molecular formula is C28H24N2O2S. The Morgan fingerprint density at radius 2 is 1.45 bits per heavy atom. The fourth-order valence-electron chi connectivity index (χ4n) is 5.05. The molecule has 0 N–H and O–H groups in total. The van der Waals surface area contributed by atoms with Crippen LogP contribution in [0.2, 0.25) is 0 Å². The second-order valence-electron chi connectivity index (χ2n) is 8.76. The number of rotatable bonds is 4. The van der Waals surface area contributed by atoms with Crippen molar-refractivity contribution < 1.29 is 8.42 Å². The molecule has 4 aromatic rings. The van der Waals surface area contributed by atoms with Gasteiger partial charge in [0.1, 0.15) is 0 Å². The topological polar surface area (TPSA) is 49.7 Å². The van der Waals surface area contributed by atoms with Crippen LogP contribution in [0.5, 0.6) is 0 Å². The first kappa shape index (κ1) is 20.3. The average molecular weight is 453 g/mol. The highest BCUT2D eigenvalue weighted by atomic mass is 32.2. The number of hydrogen-bond donors (Lipinski definition) is 0. The number of fused-ring (bicyclic) bond motifs is 1. The van der Waals surface area contributed by atoms with Crippen LogP contribution in [0.25, 0.3) is 10.8 Å². The van der Waals surface area contributed by atoms with Gasteiger partial charge in [-0.15, -0.1) is 0 Å². The van der Waals surface area contributed by atoms with Crippen LogP contribution >= 0.6 is 0 Å². The van der Waals surface area contributed by atoms with Crippen LogP contribution in [-0.2, 0) is 35.8 Å². The van der Waals surface area contributed by atoms with Crippen LogP contribution in [0, 0.1) is 0 Å². The van der Waals surface area contributed by atoms with E-state index in [4.69, 9.17) is 0 Å². The van der Waals surface area contributed by atoms with Crippen molar-refractivity contribution in [3.05, 3.63) is 107 Å². The van der Waals surface area contributed by atoms with Crippen LogP contribution in [0.4, 0.5) is 5.69 Å². The van der Waals surface area contributed by atoms with Gasteiger partial charge in [-0.3, -0.25) is 4.99 Å². The third-order valence-electron chi connectivity index (χ3n) is 6.83. The maximum Gasteiger partial charge on any atom is 0.243 e. The van der Waals surface area contributed by atoms with E-state index in [1.54, 1.807) is 28.6 Å². The Labute approximate surface area is 194 Å². The van der Waals surface area contributed by atoms with Crippen LogP contribution in [-0.4, -0.2) is 25.5 Å². The number of hydrogen-bond acceptors (Lipinski definition) is 3. The zero-order valence-corrected chi connectivity index (χ0v) is 19.1. The second-order valence-corrected chi connectivity index (χ2v) is 10.7. The van der Waals surface area contributed by atoms with Gasteiger partial charge in [0.25, 0.3) is 0 Å². The summed E-state index contributed by atoms with van der Waals surface area (Å²) in [6, 6.07) is 25.7. The van der Waals surface area contributed by atoms with Crippen LogP contribution in [0.1, 0.15) is 27.8 Å². The van der Waals surface area contributed by atoms with Crippen molar-refractivity contribution in [3.8, 4) is 0 Å². The van der Waals surface area contributed by atoms with E-state index in [2.05, 4.69) is 41.4 Å². The molecule has 2 aliphatic rings. The van der Waals surface area contributed by atoms with Gasteiger partial charge in [-0.25, -0.2) is 8.42 Å². The lowest BCUT2D eigenvalue weighted by Gasteiger charge is -2.28. The molecule has 164 valence electrons. The first-order valence-corrected chi connectivity index (χ1v) is 12.8. The molecule has 0 unspecified atom stereocenters. The van der Waals surface area contributed by atoms with Crippen molar-refractivity contribution in [1.82, 2.24) is 4.31 Å². The van der Waals surface area contributed by atoms with E-state index >= 15 is 0 Å². The number of aryl methyl sites for hydroxylation is 2. The van der Waals surface area contributed by atoms with E-state index in [0.29, 0.717) is 18.0 Å². The molecule has 0 radical (unpaired) electrons. The zero-order chi connectivity index (χ0) is 22.4.